The Hall–Kier alpha value is -1.81. The second-order valence-electron chi connectivity index (χ2n) is 4.36. The molecule has 2 aromatic rings. The van der Waals surface area contributed by atoms with E-state index in [-0.39, 0.29) is 11.3 Å². The average molecular weight is 299 g/mol. The van der Waals surface area contributed by atoms with Crippen LogP contribution in [0.1, 0.15) is 27.0 Å². The topological polar surface area (TPSA) is 17.1 Å². The highest BCUT2D eigenvalue weighted by atomic mass is 35.5. The summed E-state index contributed by atoms with van der Waals surface area (Å²) in [6, 6.07) is 8.99. The third kappa shape index (κ3) is 3.02. The van der Waals surface area contributed by atoms with E-state index in [2.05, 4.69) is 0 Å². The van der Waals surface area contributed by atoms with Crippen molar-refractivity contribution in [3.63, 3.8) is 0 Å². The third-order valence-electron chi connectivity index (χ3n) is 2.92. The van der Waals surface area contributed by atoms with Gasteiger partial charge < -0.3 is 0 Å². The molecule has 0 N–H and O–H groups in total. The Labute approximate surface area is 119 Å². The summed E-state index contributed by atoms with van der Waals surface area (Å²) in [4.78, 5) is 12.2. The molecule has 0 spiro atoms. The van der Waals surface area contributed by atoms with Gasteiger partial charge in [-0.1, -0.05) is 29.8 Å². The van der Waals surface area contributed by atoms with E-state index in [0.717, 1.165) is 17.7 Å². The van der Waals surface area contributed by atoms with Crippen LogP contribution in [0.15, 0.2) is 42.5 Å². The zero-order valence-corrected chi connectivity index (χ0v) is 11.2. The number of carbonyl (C=O) groups excluding carboxylic acids is 1. The summed E-state index contributed by atoms with van der Waals surface area (Å²) in [5, 5.41) is 0.408. The van der Waals surface area contributed by atoms with Crippen molar-refractivity contribution in [2.24, 2.45) is 0 Å². The molecular weight excluding hydrogens is 289 g/mol. The fraction of sp³-hybridized carbons (Fsp3) is 0.133. The highest BCUT2D eigenvalue weighted by molar-refractivity contribution is 6.31. The van der Waals surface area contributed by atoms with Crippen molar-refractivity contribution in [3.8, 4) is 0 Å². The second-order valence-corrected chi connectivity index (χ2v) is 4.80. The summed E-state index contributed by atoms with van der Waals surface area (Å²) < 4.78 is 37.4. The van der Waals surface area contributed by atoms with Crippen LogP contribution in [0, 0.1) is 6.92 Å². The molecule has 20 heavy (non-hydrogen) atoms. The van der Waals surface area contributed by atoms with Crippen molar-refractivity contribution in [2.45, 2.75) is 13.1 Å². The van der Waals surface area contributed by atoms with E-state index >= 15 is 0 Å². The molecule has 0 bridgehead atoms. The molecule has 0 aliphatic heterocycles. The molecule has 0 fully saturated rings. The van der Waals surface area contributed by atoms with Crippen LogP contribution in [0.4, 0.5) is 13.2 Å². The molecule has 0 saturated carbocycles. The Bertz CT molecular complexity index is 645. The monoisotopic (exact) mass is 298 g/mol. The Morgan fingerprint density at radius 3 is 2.20 bits per heavy atom. The van der Waals surface area contributed by atoms with Crippen molar-refractivity contribution < 1.29 is 18.0 Å². The van der Waals surface area contributed by atoms with Crippen molar-refractivity contribution in [3.05, 3.63) is 69.7 Å². The summed E-state index contributed by atoms with van der Waals surface area (Å²) in [5.41, 5.74) is 0.525. The van der Waals surface area contributed by atoms with Gasteiger partial charge in [-0.2, -0.15) is 13.2 Å². The van der Waals surface area contributed by atoms with Crippen molar-refractivity contribution in [2.75, 3.05) is 0 Å². The first-order chi connectivity index (χ1) is 9.29. The quantitative estimate of drug-likeness (QED) is 0.721. The highest BCUT2D eigenvalue weighted by Crippen LogP contribution is 2.29. The van der Waals surface area contributed by atoms with E-state index in [4.69, 9.17) is 11.6 Å². The number of halogens is 4. The van der Waals surface area contributed by atoms with Gasteiger partial charge in [0.05, 0.1) is 5.56 Å². The van der Waals surface area contributed by atoms with Gasteiger partial charge in [0.15, 0.2) is 5.78 Å². The number of rotatable bonds is 2. The maximum Gasteiger partial charge on any atom is 0.416 e. The highest BCUT2D eigenvalue weighted by Gasteiger charge is 2.30. The number of benzene rings is 2. The van der Waals surface area contributed by atoms with Crippen LogP contribution >= 0.6 is 11.6 Å². The predicted octanol–water partition coefficient (Wildman–Crippen LogP) is 4.90. The number of alkyl halides is 3. The number of hydrogen-bond acceptors (Lipinski definition) is 1. The van der Waals surface area contributed by atoms with Crippen LogP contribution in [0.3, 0.4) is 0 Å². The second kappa shape index (κ2) is 5.29. The van der Waals surface area contributed by atoms with Gasteiger partial charge in [-0.05, 0) is 36.8 Å². The van der Waals surface area contributed by atoms with Gasteiger partial charge in [0, 0.05) is 16.1 Å². The van der Waals surface area contributed by atoms with Gasteiger partial charge in [-0.3, -0.25) is 4.79 Å². The zero-order chi connectivity index (χ0) is 14.9. The molecule has 1 nitrogen and oxygen atoms in total. The van der Waals surface area contributed by atoms with Crippen LogP contribution in [-0.2, 0) is 6.18 Å². The number of hydrogen-bond donors (Lipinski definition) is 0. The summed E-state index contributed by atoms with van der Waals surface area (Å²) in [6.07, 6.45) is -4.41. The van der Waals surface area contributed by atoms with Gasteiger partial charge in [-0.25, -0.2) is 0 Å². The molecule has 104 valence electrons. The SMILES string of the molecule is Cc1ccc(Cl)cc1C(=O)c1ccc(C(F)(F)F)cc1. The minimum Gasteiger partial charge on any atom is -0.289 e. The molecule has 2 aromatic carbocycles. The molecular formula is C15H10ClF3O. The fourth-order valence-electron chi connectivity index (χ4n) is 1.80. The van der Waals surface area contributed by atoms with Gasteiger partial charge in [0.2, 0.25) is 0 Å². The Kier molecular flexibility index (Phi) is 3.86. The Morgan fingerprint density at radius 2 is 1.65 bits per heavy atom. The summed E-state index contributed by atoms with van der Waals surface area (Å²) in [6.45, 7) is 1.74. The van der Waals surface area contributed by atoms with E-state index in [0.29, 0.717) is 10.6 Å². The molecule has 0 aliphatic carbocycles. The normalized spacial score (nSPS) is 11.4. The van der Waals surface area contributed by atoms with Crippen LogP contribution in [0.25, 0.3) is 0 Å². The molecule has 0 amide bonds. The zero-order valence-electron chi connectivity index (χ0n) is 10.5. The molecule has 0 radical (unpaired) electrons. The summed E-state index contributed by atoms with van der Waals surface area (Å²) in [5.74, 6) is -0.348. The summed E-state index contributed by atoms with van der Waals surface area (Å²) in [7, 11) is 0. The van der Waals surface area contributed by atoms with E-state index in [1.807, 2.05) is 0 Å². The molecule has 0 heterocycles. The minimum absolute atomic E-state index is 0.198. The van der Waals surface area contributed by atoms with Gasteiger partial charge in [0.1, 0.15) is 0 Å². The number of ketones is 1. The molecule has 0 aliphatic rings. The maximum atomic E-state index is 12.5. The lowest BCUT2D eigenvalue weighted by atomic mass is 9.98. The molecule has 5 heteroatoms. The standard InChI is InChI=1S/C15H10ClF3O/c1-9-2-7-12(16)8-13(9)14(20)10-3-5-11(6-4-10)15(17,18)19/h2-8H,1H3. The first-order valence-corrected chi connectivity index (χ1v) is 6.15. The number of aryl methyl sites for hydroxylation is 1. The largest absolute Gasteiger partial charge is 0.416 e. The molecule has 0 aromatic heterocycles. The summed E-state index contributed by atoms with van der Waals surface area (Å²) >= 11 is 5.83. The first kappa shape index (κ1) is 14.6. The van der Waals surface area contributed by atoms with Gasteiger partial charge in [-0.15, -0.1) is 0 Å². The smallest absolute Gasteiger partial charge is 0.289 e. The lowest BCUT2D eigenvalue weighted by Crippen LogP contribution is -2.07. The van der Waals surface area contributed by atoms with Crippen molar-refractivity contribution >= 4 is 17.4 Å². The van der Waals surface area contributed by atoms with E-state index in [1.165, 1.54) is 18.2 Å². The third-order valence-corrected chi connectivity index (χ3v) is 3.15. The van der Waals surface area contributed by atoms with E-state index in [1.54, 1.807) is 19.1 Å². The molecule has 0 atom stereocenters. The molecule has 0 unspecified atom stereocenters. The van der Waals surface area contributed by atoms with E-state index < -0.39 is 11.7 Å². The maximum absolute atomic E-state index is 12.5. The lowest BCUT2D eigenvalue weighted by Gasteiger charge is -2.08. The lowest BCUT2D eigenvalue weighted by molar-refractivity contribution is -0.137. The minimum atomic E-state index is -4.41. The van der Waals surface area contributed by atoms with E-state index in [9.17, 15) is 18.0 Å². The number of carbonyl (C=O) groups is 1. The fourth-order valence-corrected chi connectivity index (χ4v) is 1.98. The first-order valence-electron chi connectivity index (χ1n) is 5.77. The van der Waals surface area contributed by atoms with Gasteiger partial charge in [0.25, 0.3) is 0 Å². The Balaban J connectivity index is 2.37. The molecule has 2 rings (SSSR count). The van der Waals surface area contributed by atoms with Gasteiger partial charge >= 0.3 is 6.18 Å². The molecule has 0 saturated heterocycles. The van der Waals surface area contributed by atoms with Crippen molar-refractivity contribution in [1.29, 1.82) is 0 Å². The van der Waals surface area contributed by atoms with Crippen molar-refractivity contribution in [1.82, 2.24) is 0 Å². The van der Waals surface area contributed by atoms with Crippen LogP contribution in [0.2, 0.25) is 5.02 Å². The van der Waals surface area contributed by atoms with Crippen LogP contribution in [-0.4, -0.2) is 5.78 Å². The average Bonchev–Trinajstić information content (AvgIpc) is 2.40. The van der Waals surface area contributed by atoms with Crippen LogP contribution in [0.5, 0.6) is 0 Å². The predicted molar refractivity (Wildman–Crippen MR) is 71.1 cm³/mol. The Morgan fingerprint density at radius 1 is 1.05 bits per heavy atom. The van der Waals surface area contributed by atoms with Crippen LogP contribution < -0.4 is 0 Å².